The van der Waals surface area contributed by atoms with Gasteiger partial charge in [-0.15, -0.1) is 34.8 Å². The zero-order valence-electron chi connectivity index (χ0n) is 95.6. The second-order valence-corrected chi connectivity index (χ2v) is 60.3. The quantitative estimate of drug-likeness (QED) is 0.0577. The Balaban J connectivity index is 0.000000211. The molecule has 43 atom stereocenters. The van der Waals surface area contributed by atoms with Gasteiger partial charge in [0.2, 0.25) is 0 Å². The molecule has 22 aliphatic rings. The number of hydrogen-bond donors (Lipinski definition) is 4. The van der Waals surface area contributed by atoms with Gasteiger partial charge in [-0.25, -0.2) is 5.26 Å². The van der Waals surface area contributed by atoms with Crippen molar-refractivity contribution in [2.24, 2.45) is 214 Å². The largest absolute Gasteiger partial charge is 2.00 e. The summed E-state index contributed by atoms with van der Waals surface area (Å²) in [6.45, 7) is 60.3. The number of nitrogens with zero attached hydrogens (tertiary/aromatic N) is 4. The molecule has 0 spiro atoms. The van der Waals surface area contributed by atoms with Crippen LogP contribution in [0.2, 0.25) is 0 Å². The van der Waals surface area contributed by atoms with Crippen molar-refractivity contribution in [3.8, 4) is 24.8 Å². The number of halogens is 4. The third kappa shape index (κ3) is 28.0. The van der Waals surface area contributed by atoms with E-state index in [1.54, 1.807) is 27.0 Å². The van der Waals surface area contributed by atoms with E-state index >= 15 is 0 Å². The van der Waals surface area contributed by atoms with E-state index in [-0.39, 0.29) is 82.8 Å². The number of aliphatic hydroxyl groups excluding tert-OH is 3. The van der Waals surface area contributed by atoms with E-state index in [9.17, 15) is 40.7 Å². The number of ether oxygens (including phenoxy) is 4. The number of Topliss-reactive ketones (excluding diaryl/α,β-unsaturated/α-hetero) is 1. The number of hydrogen-bond acceptors (Lipinski definition) is 14. The van der Waals surface area contributed by atoms with Crippen molar-refractivity contribution in [2.75, 3.05) is 15.8 Å². The minimum atomic E-state index is -0.833. The van der Waals surface area contributed by atoms with Gasteiger partial charge in [-0.05, 0) is 474 Å². The molecule has 0 saturated heterocycles. The number of aliphatic carboxylic acids is 1. The van der Waals surface area contributed by atoms with Crippen LogP contribution in [0.25, 0.3) is 0 Å². The summed E-state index contributed by atoms with van der Waals surface area (Å²) in [4.78, 5) is 31.0. The molecular formula is C125H205Cl3HgIN4O12Zn. The van der Waals surface area contributed by atoms with Gasteiger partial charge in [0.25, 0.3) is 5.97 Å². The molecule has 22 fully saturated rings. The minimum Gasteiger partial charge on any atom is -0.412 e. The second-order valence-electron chi connectivity index (χ2n) is 53.6. The van der Waals surface area contributed by atoms with Crippen molar-refractivity contribution >= 4 is 72.4 Å². The first kappa shape index (κ1) is 131. The Morgan fingerprint density at radius 3 is 1.07 bits per heavy atom. The number of aliphatic hydroxyl groups is 3. The van der Waals surface area contributed by atoms with Crippen LogP contribution >= 0.6 is 57.4 Å². The van der Waals surface area contributed by atoms with Crippen molar-refractivity contribution in [1.82, 2.24) is 0 Å². The molecule has 0 bridgehead atoms. The van der Waals surface area contributed by atoms with E-state index in [0.29, 0.717) is 137 Å². The standard InChI is InChI=1S/C24H37NO.C23H35NO2.C22H36O.C21H33NO.C20H32O2.C4H8O.C2H4O2.C2H3O.2C2H5.CH2Cl2.CH2ClI.CHN.Hg.H2O.Zn/c1-15-12-16-4-8-19-20-9-5-17(14-25)23(20,2)11-10-21(19)24(16,3)13-22(15)26-18-6-7-18;1-22-10-9-19-17(18(22)8-4-15(22)13-24)7-3-14-11-20(25)21(12-23(14,19)2)26-16-5-6-16;1-5-23-20-14-22(4)16(13-15(20)2)8-9-17-18-7-6-11-21(18,3)12-10-19(17)22;1-13-10-14-4-6-16-17-7-5-15(12-22)20(17,2)9-8-18(16)21(14,3)11-19(13)23;1-12-10-13-4-5-14-15-6-7-18(22)19(15,2)9-8-16(14)20(13,3)11-17(12)21;1-3-5-4-2;1-2(3)4;1-2-3;2*1-2;2*2-1-3;1-2;;;/h15-22H,4-13H2,1-3H3;14-21,25H,3-12H2,1-2H3;5,15-20H,1,6-14H2,2-4H3;13-19,23H,4-11H2,1-3H3;12-17,21H,4-11H2,1-3H3;3H,1,4H2,2H3;1H3,(H,3,4);1H3;2*1H2,2H3;2*1H2;1H;;1H2;/q;;;;;;;;2*-1;;;;;;+2/t15-,16-,17-,19-,20-,21-,22-,23+,24-;14-,15-,17-,18-,19-,20-,21-,22+,23-;15-,16-,17-,18-,19-,20-,21-,22-;13-,14-,15-,16-,17-,18-,19-,20+,21-;12-,13-,14-,15-,16-,17-,19-,20-;;;;;;;;;;;/m00000.........../s1. The van der Waals surface area contributed by atoms with Crippen molar-refractivity contribution in [3.63, 3.8) is 0 Å². The van der Waals surface area contributed by atoms with Gasteiger partial charge in [0.1, 0.15) is 11.9 Å². The van der Waals surface area contributed by atoms with Crippen LogP contribution in [0.4, 0.5) is 0 Å². The maximum absolute atomic E-state index is 12.4. The van der Waals surface area contributed by atoms with E-state index in [1.807, 2.05) is 6.92 Å². The Hall–Kier alpha value is -1.23. The summed E-state index contributed by atoms with van der Waals surface area (Å²) < 4.78 is 24.4. The fourth-order valence-corrected chi connectivity index (χ4v) is 39.2. The van der Waals surface area contributed by atoms with Crippen molar-refractivity contribution in [2.45, 2.75) is 469 Å². The number of rotatable bonds is 8. The molecule has 0 radical (unpaired) electrons. The van der Waals surface area contributed by atoms with Crippen LogP contribution in [0.3, 0.4) is 0 Å². The van der Waals surface area contributed by atoms with E-state index in [0.717, 1.165) is 190 Å². The third-order valence-corrected chi connectivity index (χ3v) is 47.0. The molecule has 6 N–H and O–H groups in total. The van der Waals surface area contributed by atoms with Crippen LogP contribution < -0.4 is 0 Å². The average Bonchev–Trinajstić information content (AvgIpc) is 1.68. The van der Waals surface area contributed by atoms with Gasteiger partial charge in [-0.1, -0.05) is 139 Å². The summed E-state index contributed by atoms with van der Waals surface area (Å²) in [6.07, 6.45) is 62.0. The molecule has 22 heteroatoms. The van der Waals surface area contributed by atoms with E-state index in [4.69, 9.17) is 64.2 Å². The zero-order valence-corrected chi connectivity index (χ0v) is 108. The summed E-state index contributed by atoms with van der Waals surface area (Å²) in [5.74, 6) is 19.5. The molecule has 0 aromatic heterocycles. The van der Waals surface area contributed by atoms with Gasteiger partial charge in [0.05, 0.1) is 107 Å². The Morgan fingerprint density at radius 1 is 0.435 bits per heavy atom. The Morgan fingerprint density at radius 2 is 0.735 bits per heavy atom. The fraction of sp³-hybridized carbons (Fsp3) is 0.896. The monoisotopic (exact) mass is 2450 g/mol. The number of carbonyl (C=O) groups is 3. The summed E-state index contributed by atoms with van der Waals surface area (Å²) in [5, 5.41) is 74.8. The SMILES string of the molecule is C#N.C=COCC.C=CO[C@H]1C[C@@]2(C)[C@@H](CC[C@H]3[C@@H]4CCC[C@@]4(C)CC[C@@H]32)C[C@@H]1C.CC(=O)O.C[C@H]1C[C@@H]2CC[C@@H]3[C@H](CC[C@]4(C)C(=O)CC[C@@H]34)[C@@]2(C)C[C@@H]1O.C[C@H]1C[C@@H]2CC[C@@H]3[C@H](CC[C@]4(C)[C@H](C#N)CC[C@@H]34)[C@@]2(C)C[C@@H]1O.C[C@H]1C[C@@H]2CC[C@@H]3[C@H](CC[C@]4(C)[C@H](C#N)CC[C@@H]34)[C@@]2(C)C[C@@H]1OC1CC1.C[C@]12C[C@H](OC3CC3)[C@@H](O)C[C@@H]1CC[C@@H]1[C@@H]2CC[C@]2(C)[C@H](C#N)CC[C@@H]12.C[C](=O)[Hg].ClCCl.ClCI.O.[CH2-]C.[CH2-]C.[Zn+2]. The molecule has 0 aliphatic heterocycles. The van der Waals surface area contributed by atoms with Gasteiger partial charge in [-0.3, -0.25) is 9.59 Å². The molecule has 0 amide bonds. The van der Waals surface area contributed by atoms with Gasteiger partial charge < -0.3 is 58.7 Å². The number of carboxylic acids is 1. The van der Waals surface area contributed by atoms with Crippen LogP contribution in [0.1, 0.15) is 420 Å². The molecule has 0 heterocycles. The van der Waals surface area contributed by atoms with Crippen molar-refractivity contribution < 1.29 is 105 Å². The molecule has 0 aromatic rings. The molecule has 22 aliphatic carbocycles. The molecule has 22 rings (SSSR count). The van der Waals surface area contributed by atoms with E-state index < -0.39 is 5.97 Å². The second kappa shape index (κ2) is 56.7. The number of carbonyl (C=O) groups excluding carboxylic acids is 2. The number of ketones is 1. The molecular weight excluding hydrogens is 2250 g/mol. The summed E-state index contributed by atoms with van der Waals surface area (Å²) in [7, 11) is 0. The summed E-state index contributed by atoms with van der Waals surface area (Å²) in [6, 6.07) is 7.98. The van der Waals surface area contributed by atoms with Gasteiger partial charge in [0.15, 0.2) is 0 Å². The number of nitriles is 4. The van der Waals surface area contributed by atoms with Crippen molar-refractivity contribution in [1.29, 1.82) is 21.0 Å². The zero-order chi connectivity index (χ0) is 107. The first-order chi connectivity index (χ1) is 68.8. The maximum Gasteiger partial charge on any atom is 2.00 e. The number of carboxylic acid groups (broad SMARTS) is 1. The van der Waals surface area contributed by atoms with Crippen LogP contribution in [-0.2, 0) is 78.9 Å². The number of fused-ring (bicyclic) bond motifs is 25. The molecule has 0 unspecified atom stereocenters. The van der Waals surface area contributed by atoms with Crippen LogP contribution in [-0.4, -0.2) is 106 Å². The predicted octanol–water partition coefficient (Wildman–Crippen LogP) is 31.2. The normalized spacial score (nSPS) is 47.3. The predicted molar refractivity (Wildman–Crippen MR) is 597 cm³/mol. The molecule has 16 nitrogen and oxygen atoms in total. The van der Waals surface area contributed by atoms with Gasteiger partial charge in [-0.2, -0.15) is 29.6 Å². The molecule has 0 aromatic carbocycles. The molecule has 22 saturated carbocycles. The molecule has 829 valence electrons. The summed E-state index contributed by atoms with van der Waals surface area (Å²) >= 11 is 16.9. The van der Waals surface area contributed by atoms with Gasteiger partial charge in [0, 0.05) is 25.3 Å². The Bertz CT molecular complexity index is 4160. The minimum absolute atomic E-state index is 0. The average molecular weight is 2460 g/mol. The maximum atomic E-state index is 12.4. The van der Waals surface area contributed by atoms with Crippen LogP contribution in [0.15, 0.2) is 25.7 Å². The third-order valence-electron chi connectivity index (χ3n) is 47.0. The summed E-state index contributed by atoms with van der Waals surface area (Å²) in [5.41, 5.74) is 3.53. The van der Waals surface area contributed by atoms with E-state index in [1.165, 1.54) is 231 Å². The fourth-order valence-electron chi connectivity index (χ4n) is 39.2. The van der Waals surface area contributed by atoms with E-state index in [2.05, 4.69) is 176 Å². The Kier molecular flexibility index (Phi) is 50.5. The Labute approximate surface area is 953 Å². The topological polar surface area (TPSA) is 296 Å². The van der Waals surface area contributed by atoms with Crippen LogP contribution in [0.5, 0.6) is 0 Å². The first-order valence-corrected chi connectivity index (χ1v) is 64.7. The van der Waals surface area contributed by atoms with Crippen LogP contribution in [0, 0.1) is 274 Å². The van der Waals surface area contributed by atoms with Gasteiger partial charge >= 0.3 is 60.6 Å². The van der Waals surface area contributed by atoms with Crippen molar-refractivity contribution in [3.05, 3.63) is 39.5 Å². The smallest absolute Gasteiger partial charge is 0.412 e. The molecule has 147 heavy (non-hydrogen) atoms. The first-order valence-electron chi connectivity index (χ1n) is 58.8. The number of alkyl halides is 4.